The lowest BCUT2D eigenvalue weighted by atomic mass is 9.91. The van der Waals surface area contributed by atoms with Crippen molar-refractivity contribution in [2.45, 2.75) is 51.5 Å². The minimum Gasteiger partial charge on any atom is -0.481 e. The molecule has 0 unspecified atom stereocenters. The number of nitrogens with one attached hydrogen (secondary N) is 1. The fraction of sp³-hybridized carbons (Fsp3) is 0.643. The van der Waals surface area contributed by atoms with Crippen molar-refractivity contribution in [3.63, 3.8) is 0 Å². The molecule has 1 heterocycles. The van der Waals surface area contributed by atoms with E-state index in [0.29, 0.717) is 17.7 Å². The van der Waals surface area contributed by atoms with Crippen molar-refractivity contribution in [3.05, 3.63) is 16.1 Å². The molecule has 0 bridgehead atoms. The SMILES string of the molecule is CC(C)(C)c1ncsc1C(=O)N[C@H]1CC[C@H](C(=O)O)C1. The summed E-state index contributed by atoms with van der Waals surface area (Å²) in [6.07, 6.45) is 1.88. The second kappa shape index (κ2) is 5.52. The number of aromatic nitrogens is 1. The Labute approximate surface area is 122 Å². The van der Waals surface area contributed by atoms with E-state index in [2.05, 4.69) is 10.3 Å². The van der Waals surface area contributed by atoms with E-state index >= 15 is 0 Å². The summed E-state index contributed by atoms with van der Waals surface area (Å²) in [7, 11) is 0. The van der Waals surface area contributed by atoms with Crippen LogP contribution in [-0.2, 0) is 10.2 Å². The Kier molecular flexibility index (Phi) is 4.13. The van der Waals surface area contributed by atoms with Crippen LogP contribution < -0.4 is 5.32 Å². The summed E-state index contributed by atoms with van der Waals surface area (Å²) in [6, 6.07) is -0.0430. The predicted molar refractivity (Wildman–Crippen MR) is 77.0 cm³/mol. The van der Waals surface area contributed by atoms with E-state index in [1.165, 1.54) is 11.3 Å². The molecule has 1 aliphatic rings. The molecule has 110 valence electrons. The first-order valence-electron chi connectivity index (χ1n) is 6.76. The molecule has 1 fully saturated rings. The molecule has 6 heteroatoms. The smallest absolute Gasteiger partial charge is 0.306 e. The second-order valence-electron chi connectivity index (χ2n) is 6.30. The van der Waals surface area contributed by atoms with Crippen molar-refractivity contribution in [1.29, 1.82) is 0 Å². The number of amides is 1. The first-order valence-corrected chi connectivity index (χ1v) is 7.64. The lowest BCUT2D eigenvalue weighted by molar-refractivity contribution is -0.141. The molecule has 20 heavy (non-hydrogen) atoms. The number of thiazole rings is 1. The molecule has 2 atom stereocenters. The van der Waals surface area contributed by atoms with Crippen LogP contribution in [0, 0.1) is 5.92 Å². The fourth-order valence-electron chi connectivity index (χ4n) is 2.53. The van der Waals surface area contributed by atoms with Crippen molar-refractivity contribution in [1.82, 2.24) is 10.3 Å². The van der Waals surface area contributed by atoms with Crippen LogP contribution in [0.2, 0.25) is 0 Å². The normalized spacial score (nSPS) is 22.8. The third kappa shape index (κ3) is 3.17. The monoisotopic (exact) mass is 296 g/mol. The second-order valence-corrected chi connectivity index (χ2v) is 7.15. The van der Waals surface area contributed by atoms with E-state index in [9.17, 15) is 9.59 Å². The Hall–Kier alpha value is -1.43. The Bertz CT molecular complexity index is 519. The highest BCUT2D eigenvalue weighted by Gasteiger charge is 2.32. The number of carboxylic acid groups (broad SMARTS) is 1. The third-order valence-corrected chi connectivity index (χ3v) is 4.43. The van der Waals surface area contributed by atoms with E-state index in [1.807, 2.05) is 20.8 Å². The largest absolute Gasteiger partial charge is 0.481 e. The number of rotatable bonds is 3. The summed E-state index contributed by atoms with van der Waals surface area (Å²) in [5.74, 6) is -1.23. The number of hydrogen-bond donors (Lipinski definition) is 2. The van der Waals surface area contributed by atoms with Gasteiger partial charge in [0.1, 0.15) is 4.88 Å². The number of carboxylic acids is 1. The Balaban J connectivity index is 2.03. The summed E-state index contributed by atoms with van der Waals surface area (Å²) in [5.41, 5.74) is 2.31. The van der Waals surface area contributed by atoms with Crippen LogP contribution in [0.5, 0.6) is 0 Å². The number of hydrogen-bond acceptors (Lipinski definition) is 4. The number of aliphatic carboxylic acids is 1. The van der Waals surface area contributed by atoms with E-state index in [-0.39, 0.29) is 23.3 Å². The van der Waals surface area contributed by atoms with Gasteiger partial charge in [0, 0.05) is 11.5 Å². The van der Waals surface area contributed by atoms with E-state index < -0.39 is 5.97 Å². The van der Waals surface area contributed by atoms with Crippen LogP contribution >= 0.6 is 11.3 Å². The molecule has 2 rings (SSSR count). The Morgan fingerprint density at radius 3 is 2.65 bits per heavy atom. The molecule has 1 amide bonds. The van der Waals surface area contributed by atoms with Crippen molar-refractivity contribution < 1.29 is 14.7 Å². The summed E-state index contributed by atoms with van der Waals surface area (Å²) >= 11 is 1.34. The van der Waals surface area contributed by atoms with Gasteiger partial charge in [-0.25, -0.2) is 4.98 Å². The van der Waals surface area contributed by atoms with Gasteiger partial charge < -0.3 is 10.4 Å². The summed E-state index contributed by atoms with van der Waals surface area (Å²) in [5, 5.41) is 11.9. The van der Waals surface area contributed by atoms with Gasteiger partial charge in [-0.2, -0.15) is 0 Å². The topological polar surface area (TPSA) is 79.3 Å². The van der Waals surface area contributed by atoms with Crippen LogP contribution in [0.15, 0.2) is 5.51 Å². The number of nitrogens with zero attached hydrogens (tertiary/aromatic N) is 1. The van der Waals surface area contributed by atoms with Crippen LogP contribution in [0.3, 0.4) is 0 Å². The van der Waals surface area contributed by atoms with Crippen LogP contribution in [0.25, 0.3) is 0 Å². The van der Waals surface area contributed by atoms with Gasteiger partial charge >= 0.3 is 5.97 Å². The zero-order valence-corrected chi connectivity index (χ0v) is 12.8. The quantitative estimate of drug-likeness (QED) is 0.897. The Morgan fingerprint density at radius 2 is 2.10 bits per heavy atom. The average molecular weight is 296 g/mol. The van der Waals surface area contributed by atoms with Crippen LogP contribution in [-0.4, -0.2) is 28.0 Å². The van der Waals surface area contributed by atoms with Gasteiger partial charge in [0.05, 0.1) is 17.1 Å². The van der Waals surface area contributed by atoms with Crippen molar-refractivity contribution in [3.8, 4) is 0 Å². The minimum atomic E-state index is -0.769. The van der Waals surface area contributed by atoms with E-state index in [1.54, 1.807) is 5.51 Å². The van der Waals surface area contributed by atoms with E-state index in [0.717, 1.165) is 12.1 Å². The summed E-state index contributed by atoms with van der Waals surface area (Å²) in [4.78, 5) is 28.2. The lowest BCUT2D eigenvalue weighted by Gasteiger charge is -2.18. The van der Waals surface area contributed by atoms with Gasteiger partial charge in [0.15, 0.2) is 0 Å². The standard InChI is InChI=1S/C14H20N2O3S/c1-14(2,3)11-10(20-7-15-11)12(17)16-9-5-4-8(6-9)13(18)19/h7-9H,4-6H2,1-3H3,(H,16,17)(H,18,19)/t8-,9-/m0/s1. The lowest BCUT2D eigenvalue weighted by Crippen LogP contribution is -2.34. The molecule has 1 aromatic heterocycles. The first kappa shape index (κ1) is 15.0. The molecule has 0 radical (unpaired) electrons. The van der Waals surface area contributed by atoms with Gasteiger partial charge in [0.2, 0.25) is 0 Å². The fourth-order valence-corrected chi connectivity index (χ4v) is 3.43. The highest BCUT2D eigenvalue weighted by molar-refractivity contribution is 7.11. The van der Waals surface area contributed by atoms with Gasteiger partial charge in [0.25, 0.3) is 5.91 Å². The first-order chi connectivity index (χ1) is 9.29. The molecule has 0 aliphatic heterocycles. The van der Waals surface area contributed by atoms with Gasteiger partial charge in [-0.05, 0) is 19.3 Å². The van der Waals surface area contributed by atoms with Crippen LogP contribution in [0.1, 0.15) is 55.4 Å². The minimum absolute atomic E-state index is 0.0430. The maximum atomic E-state index is 12.3. The molecule has 2 N–H and O–H groups in total. The molecule has 1 aliphatic carbocycles. The van der Waals surface area contributed by atoms with Crippen molar-refractivity contribution in [2.24, 2.45) is 5.92 Å². The summed E-state index contributed by atoms with van der Waals surface area (Å²) < 4.78 is 0. The van der Waals surface area contributed by atoms with Gasteiger partial charge in [-0.3, -0.25) is 9.59 Å². The molecule has 1 aromatic rings. The van der Waals surface area contributed by atoms with Crippen molar-refractivity contribution >= 4 is 23.2 Å². The molecule has 0 spiro atoms. The maximum Gasteiger partial charge on any atom is 0.306 e. The summed E-state index contributed by atoms with van der Waals surface area (Å²) in [6.45, 7) is 6.07. The number of carbonyl (C=O) groups excluding carboxylic acids is 1. The zero-order chi connectivity index (χ0) is 14.9. The molecule has 5 nitrogen and oxygen atoms in total. The third-order valence-electron chi connectivity index (χ3n) is 3.60. The Morgan fingerprint density at radius 1 is 1.40 bits per heavy atom. The van der Waals surface area contributed by atoms with E-state index in [4.69, 9.17) is 5.11 Å². The highest BCUT2D eigenvalue weighted by Crippen LogP contribution is 2.29. The zero-order valence-electron chi connectivity index (χ0n) is 12.0. The van der Waals surface area contributed by atoms with Gasteiger partial charge in [-0.1, -0.05) is 20.8 Å². The molecular weight excluding hydrogens is 276 g/mol. The number of carbonyl (C=O) groups is 2. The van der Waals surface area contributed by atoms with Crippen molar-refractivity contribution in [2.75, 3.05) is 0 Å². The maximum absolute atomic E-state index is 12.3. The molecule has 0 saturated heterocycles. The predicted octanol–water partition coefficient (Wildman–Crippen LogP) is 2.42. The van der Waals surface area contributed by atoms with Crippen LogP contribution in [0.4, 0.5) is 0 Å². The van der Waals surface area contributed by atoms with Gasteiger partial charge in [-0.15, -0.1) is 11.3 Å². The molecule has 1 saturated carbocycles. The molecular formula is C14H20N2O3S. The average Bonchev–Trinajstić information content (AvgIpc) is 2.95. The molecule has 0 aromatic carbocycles. The highest BCUT2D eigenvalue weighted by atomic mass is 32.1.